The summed E-state index contributed by atoms with van der Waals surface area (Å²) in [5.74, 6) is -0.280. The summed E-state index contributed by atoms with van der Waals surface area (Å²) in [5, 5.41) is 0. The molecule has 0 spiro atoms. The lowest BCUT2D eigenvalue weighted by Gasteiger charge is -2.19. The van der Waals surface area contributed by atoms with Crippen LogP contribution >= 0.6 is 0 Å². The Morgan fingerprint density at radius 2 is 2.00 bits per heavy atom. The van der Waals surface area contributed by atoms with Crippen LogP contribution in [0, 0.1) is 0 Å². The first-order valence-corrected chi connectivity index (χ1v) is 8.74. The van der Waals surface area contributed by atoms with Gasteiger partial charge >= 0.3 is 5.97 Å². The van der Waals surface area contributed by atoms with Gasteiger partial charge in [-0.05, 0) is 19.6 Å². The van der Waals surface area contributed by atoms with Crippen LogP contribution in [0.15, 0.2) is 12.3 Å². The third-order valence-corrected chi connectivity index (χ3v) is 2.08. The van der Waals surface area contributed by atoms with Gasteiger partial charge in [0, 0.05) is 0 Å². The van der Waals surface area contributed by atoms with Crippen molar-refractivity contribution in [3.05, 3.63) is 12.3 Å². The molecule has 0 aromatic heterocycles. The number of carbonyl (C=O) groups excluding carboxylic acids is 1. The van der Waals surface area contributed by atoms with Crippen LogP contribution in [0.1, 0.15) is 0 Å². The molecular formula is C7H16O3Si2. The fourth-order valence-electron chi connectivity index (χ4n) is 0.623. The van der Waals surface area contributed by atoms with Crippen LogP contribution in [0.2, 0.25) is 19.6 Å². The molecule has 0 heterocycles. The van der Waals surface area contributed by atoms with Gasteiger partial charge in [0.05, 0.1) is 16.5 Å². The Hall–Kier alpha value is -0.556. The van der Waals surface area contributed by atoms with E-state index in [-0.39, 0.29) is 5.76 Å². The molecule has 70 valence electrons. The maximum atomic E-state index is 11.0. The average molecular weight is 204 g/mol. The molecular weight excluding hydrogens is 188 g/mol. The van der Waals surface area contributed by atoms with Crippen molar-refractivity contribution in [2.75, 3.05) is 6.23 Å². The van der Waals surface area contributed by atoms with Gasteiger partial charge in [0.2, 0.25) is 8.32 Å². The van der Waals surface area contributed by atoms with E-state index >= 15 is 0 Å². The van der Waals surface area contributed by atoms with Crippen molar-refractivity contribution in [3.63, 3.8) is 0 Å². The standard InChI is InChI=1S/C7H16O3Si2/c1-6(7(8)9-5-11)10-12(2,3)4/h1,5H2,2-4,11H3. The molecule has 0 aliphatic rings. The van der Waals surface area contributed by atoms with Gasteiger partial charge < -0.3 is 9.16 Å². The van der Waals surface area contributed by atoms with Gasteiger partial charge in [-0.3, -0.25) is 0 Å². The van der Waals surface area contributed by atoms with Gasteiger partial charge in [0.1, 0.15) is 0 Å². The molecule has 0 atom stereocenters. The Bertz CT molecular complexity index is 184. The molecule has 0 aliphatic carbocycles. The summed E-state index contributed by atoms with van der Waals surface area (Å²) in [6, 6.07) is 0. The van der Waals surface area contributed by atoms with Gasteiger partial charge in [0.25, 0.3) is 0 Å². The number of hydrogen-bond donors (Lipinski definition) is 0. The van der Waals surface area contributed by atoms with Crippen molar-refractivity contribution in [1.29, 1.82) is 0 Å². The summed E-state index contributed by atoms with van der Waals surface area (Å²) < 4.78 is 10.1. The molecule has 3 nitrogen and oxygen atoms in total. The average Bonchev–Trinajstić information content (AvgIpc) is 1.84. The van der Waals surface area contributed by atoms with E-state index in [9.17, 15) is 4.79 Å². The van der Waals surface area contributed by atoms with Crippen molar-refractivity contribution >= 4 is 24.5 Å². The summed E-state index contributed by atoms with van der Waals surface area (Å²) in [4.78, 5) is 11.0. The third-order valence-electron chi connectivity index (χ3n) is 0.932. The summed E-state index contributed by atoms with van der Waals surface area (Å²) in [6.45, 7) is 9.49. The predicted octanol–water partition coefficient (Wildman–Crippen LogP) is 0.218. The lowest BCUT2D eigenvalue weighted by molar-refractivity contribution is -0.139. The first-order valence-electron chi connectivity index (χ1n) is 3.92. The summed E-state index contributed by atoms with van der Waals surface area (Å²) >= 11 is 0. The van der Waals surface area contributed by atoms with Crippen molar-refractivity contribution in [2.24, 2.45) is 0 Å². The van der Waals surface area contributed by atoms with Gasteiger partial charge in [0.15, 0.2) is 5.76 Å². The molecule has 0 fully saturated rings. The molecule has 0 aliphatic heterocycles. The van der Waals surface area contributed by atoms with Crippen LogP contribution in [-0.2, 0) is 14.0 Å². The zero-order valence-electron chi connectivity index (χ0n) is 8.14. The molecule has 0 amide bonds. The Balaban J connectivity index is 3.97. The summed E-state index contributed by atoms with van der Waals surface area (Å²) in [6.07, 6.45) is 0.493. The fourth-order valence-corrected chi connectivity index (χ4v) is 1.71. The number of hydrogen-bond acceptors (Lipinski definition) is 3. The van der Waals surface area contributed by atoms with E-state index in [1.165, 1.54) is 0 Å². The van der Waals surface area contributed by atoms with E-state index in [0.29, 0.717) is 6.23 Å². The van der Waals surface area contributed by atoms with Crippen LogP contribution in [-0.4, -0.2) is 30.8 Å². The molecule has 0 aromatic carbocycles. The lowest BCUT2D eigenvalue weighted by atomic mass is 10.6. The van der Waals surface area contributed by atoms with Gasteiger partial charge in [-0.1, -0.05) is 6.58 Å². The molecule has 0 aromatic rings. The second kappa shape index (κ2) is 4.46. The molecule has 0 saturated carbocycles. The highest BCUT2D eigenvalue weighted by Gasteiger charge is 2.20. The predicted molar refractivity (Wildman–Crippen MR) is 54.5 cm³/mol. The van der Waals surface area contributed by atoms with Crippen LogP contribution < -0.4 is 0 Å². The summed E-state index contributed by atoms with van der Waals surface area (Å²) in [7, 11) is -0.855. The van der Waals surface area contributed by atoms with E-state index in [2.05, 4.69) is 6.58 Å². The molecule has 0 bridgehead atoms. The number of esters is 1. The topological polar surface area (TPSA) is 35.5 Å². The zero-order valence-corrected chi connectivity index (χ0v) is 11.1. The van der Waals surface area contributed by atoms with Gasteiger partial charge in [-0.15, -0.1) is 0 Å². The van der Waals surface area contributed by atoms with Crippen LogP contribution in [0.3, 0.4) is 0 Å². The first-order chi connectivity index (χ1) is 5.37. The number of ether oxygens (including phenoxy) is 1. The highest BCUT2D eigenvalue weighted by Crippen LogP contribution is 2.09. The number of rotatable bonds is 4. The Labute approximate surface area is 77.3 Å². The molecule has 0 N–H and O–H groups in total. The van der Waals surface area contributed by atoms with E-state index in [1.54, 1.807) is 0 Å². The molecule has 5 heteroatoms. The largest absolute Gasteiger partial charge is 0.540 e. The van der Waals surface area contributed by atoms with Crippen molar-refractivity contribution in [2.45, 2.75) is 19.6 Å². The zero-order chi connectivity index (χ0) is 9.78. The van der Waals surface area contributed by atoms with E-state index in [0.717, 1.165) is 10.2 Å². The van der Waals surface area contributed by atoms with Crippen LogP contribution in [0.4, 0.5) is 0 Å². The monoisotopic (exact) mass is 204 g/mol. The normalized spacial score (nSPS) is 10.9. The Morgan fingerprint density at radius 1 is 1.50 bits per heavy atom. The minimum Gasteiger partial charge on any atom is -0.540 e. The highest BCUT2D eigenvalue weighted by molar-refractivity contribution is 6.70. The van der Waals surface area contributed by atoms with Crippen molar-refractivity contribution in [3.8, 4) is 0 Å². The Kier molecular flexibility index (Phi) is 4.26. The molecule has 0 unspecified atom stereocenters. The molecule has 0 rings (SSSR count). The fraction of sp³-hybridized carbons (Fsp3) is 0.571. The maximum Gasteiger partial charge on any atom is 0.371 e. The molecule has 12 heavy (non-hydrogen) atoms. The first kappa shape index (κ1) is 11.4. The smallest absolute Gasteiger partial charge is 0.371 e. The van der Waals surface area contributed by atoms with Crippen LogP contribution in [0.25, 0.3) is 0 Å². The van der Waals surface area contributed by atoms with E-state index in [4.69, 9.17) is 9.16 Å². The lowest BCUT2D eigenvalue weighted by Crippen LogP contribution is -2.27. The maximum absolute atomic E-state index is 11.0. The highest BCUT2D eigenvalue weighted by atomic mass is 28.4. The third kappa shape index (κ3) is 5.14. The van der Waals surface area contributed by atoms with Gasteiger partial charge in [-0.25, -0.2) is 4.79 Å². The second-order valence-electron chi connectivity index (χ2n) is 3.36. The SMILES string of the molecule is C=C(O[Si](C)(C)C)C(=O)OC[SiH3]. The minimum atomic E-state index is -1.70. The minimum absolute atomic E-state index is 0.144. The van der Waals surface area contributed by atoms with Crippen LogP contribution in [0.5, 0.6) is 0 Å². The quantitative estimate of drug-likeness (QED) is 0.284. The van der Waals surface area contributed by atoms with E-state index in [1.807, 2.05) is 19.6 Å². The van der Waals surface area contributed by atoms with E-state index < -0.39 is 14.3 Å². The van der Waals surface area contributed by atoms with Gasteiger partial charge in [-0.2, -0.15) is 0 Å². The molecule has 0 radical (unpaired) electrons. The second-order valence-corrected chi connectivity index (χ2v) is 8.36. The molecule has 0 saturated heterocycles. The number of carbonyl (C=O) groups is 1. The summed E-state index contributed by atoms with van der Waals surface area (Å²) in [5.41, 5.74) is 0. The Morgan fingerprint density at radius 3 is 2.33 bits per heavy atom. The van der Waals surface area contributed by atoms with Crippen molar-refractivity contribution in [1.82, 2.24) is 0 Å². The van der Waals surface area contributed by atoms with Crippen molar-refractivity contribution < 1.29 is 14.0 Å².